The second-order valence-corrected chi connectivity index (χ2v) is 10.7. The van der Waals surface area contributed by atoms with Crippen molar-refractivity contribution >= 4 is 0 Å². The zero-order valence-corrected chi connectivity index (χ0v) is 15.8. The van der Waals surface area contributed by atoms with Gasteiger partial charge in [-0.25, -0.2) is 0 Å². The van der Waals surface area contributed by atoms with Gasteiger partial charge < -0.3 is 0 Å². The maximum absolute atomic E-state index is 2.53. The molecule has 2 aliphatic carbocycles. The van der Waals surface area contributed by atoms with E-state index in [1.54, 1.807) is 25.7 Å². The van der Waals surface area contributed by atoms with E-state index in [2.05, 4.69) is 32.6 Å². The van der Waals surface area contributed by atoms with Crippen molar-refractivity contribution in [2.24, 2.45) is 35.5 Å². The molecule has 0 amide bonds. The van der Waals surface area contributed by atoms with Crippen molar-refractivity contribution in [1.82, 2.24) is 0 Å². The van der Waals surface area contributed by atoms with Gasteiger partial charge in [-0.05, 0) is 0 Å². The van der Waals surface area contributed by atoms with Crippen LogP contribution in [-0.2, 0) is 0 Å². The molecule has 0 radical (unpaired) electrons. The number of rotatable bonds is 5. The monoisotopic (exact) mass is 377 g/mol. The first-order chi connectivity index (χ1) is 9.10. The minimum absolute atomic E-state index is 0.458. The fourth-order valence-electron chi connectivity index (χ4n) is 5.30. The van der Waals surface area contributed by atoms with Crippen molar-refractivity contribution in [2.45, 2.75) is 70.1 Å². The molecule has 114 valence electrons. The summed E-state index contributed by atoms with van der Waals surface area (Å²) < 4.78 is 1.05. The van der Waals surface area contributed by atoms with Gasteiger partial charge in [0, 0.05) is 0 Å². The van der Waals surface area contributed by atoms with E-state index in [0.717, 1.165) is 39.4 Å². The number of hydrogen-bond donors (Lipinski definition) is 0. The molecule has 2 aliphatic rings. The van der Waals surface area contributed by atoms with Crippen LogP contribution in [0.3, 0.4) is 0 Å². The maximum atomic E-state index is 2.53. The summed E-state index contributed by atoms with van der Waals surface area (Å²) >= 11 is 0.458. The Morgan fingerprint density at radius 1 is 1.05 bits per heavy atom. The summed E-state index contributed by atoms with van der Waals surface area (Å²) in [5, 5.41) is 0. The number of hydrogen-bond acceptors (Lipinski definition) is 0. The van der Waals surface area contributed by atoms with Gasteiger partial charge in [0.1, 0.15) is 0 Å². The van der Waals surface area contributed by atoms with E-state index in [4.69, 9.17) is 0 Å². The summed E-state index contributed by atoms with van der Waals surface area (Å²) in [6.07, 6.45) is 9.12. The van der Waals surface area contributed by atoms with E-state index in [-0.39, 0.29) is 0 Å². The van der Waals surface area contributed by atoms with Crippen LogP contribution in [0.4, 0.5) is 0 Å². The van der Waals surface area contributed by atoms with E-state index < -0.39 is 0 Å². The number of fused-ring (bicyclic) bond motifs is 1. The van der Waals surface area contributed by atoms with Crippen molar-refractivity contribution < 1.29 is 21.2 Å². The van der Waals surface area contributed by atoms with Gasteiger partial charge in [-0.2, -0.15) is 0 Å². The predicted octanol–water partition coefficient (Wildman–Crippen LogP) is 2.22. The molecular formula is C18H34I-. The van der Waals surface area contributed by atoms with Gasteiger partial charge in [0.2, 0.25) is 0 Å². The Kier molecular flexibility index (Phi) is 6.05. The quantitative estimate of drug-likeness (QED) is 0.509. The average molecular weight is 377 g/mol. The Bertz CT molecular complexity index is 275. The molecule has 0 N–H and O–H groups in total. The summed E-state index contributed by atoms with van der Waals surface area (Å²) in [5.41, 5.74) is 0. The zero-order valence-electron chi connectivity index (χ0n) is 13.7. The Morgan fingerprint density at radius 2 is 1.74 bits per heavy atom. The van der Waals surface area contributed by atoms with Crippen molar-refractivity contribution in [3.05, 3.63) is 0 Å². The summed E-state index contributed by atoms with van der Waals surface area (Å²) in [5.74, 6) is 6.37. The molecule has 0 aromatic rings. The molecule has 0 heterocycles. The normalized spacial score (nSPS) is 44.3. The van der Waals surface area contributed by atoms with E-state index >= 15 is 0 Å². The van der Waals surface area contributed by atoms with Crippen molar-refractivity contribution in [1.29, 1.82) is 0 Å². The van der Waals surface area contributed by atoms with Crippen molar-refractivity contribution in [2.75, 3.05) is 4.93 Å². The van der Waals surface area contributed by atoms with Gasteiger partial charge in [-0.3, -0.25) is 0 Å². The third-order valence-electron chi connectivity index (χ3n) is 6.42. The molecular weight excluding hydrogens is 343 g/mol. The standard InChI is InChI=1S/C18H34I/c1-6-14-10-16-11-15(9-13(4)19-5)17(7-2)18(16)8-12(14)3/h12-18H,6-11H2,1-5H3/q-1/t12-,13?,14?,15+,16?,17?,18?/m1/s1. The summed E-state index contributed by atoms with van der Waals surface area (Å²) in [6, 6.07) is 0. The topological polar surface area (TPSA) is 0 Å². The van der Waals surface area contributed by atoms with Crippen LogP contribution in [0.2, 0.25) is 0 Å². The molecule has 0 aliphatic heterocycles. The van der Waals surface area contributed by atoms with Crippen molar-refractivity contribution in [3.63, 3.8) is 0 Å². The average Bonchev–Trinajstić information content (AvgIpc) is 2.73. The number of alkyl halides is 2. The third-order valence-corrected chi connectivity index (χ3v) is 9.05. The molecule has 0 aromatic heterocycles. The second kappa shape index (κ2) is 7.13. The summed E-state index contributed by atoms with van der Waals surface area (Å²) in [6.45, 7) is 9.92. The SMILES string of the molecule is CCC1C2C[C@@H](C)C(CC)CC2C[C@@H]1CC(C)[I-]C. The van der Waals surface area contributed by atoms with Crippen LogP contribution in [0.5, 0.6) is 0 Å². The van der Waals surface area contributed by atoms with Gasteiger partial charge in [0.25, 0.3) is 0 Å². The second-order valence-electron chi connectivity index (χ2n) is 7.34. The van der Waals surface area contributed by atoms with Crippen LogP contribution in [0.15, 0.2) is 0 Å². The van der Waals surface area contributed by atoms with Crippen molar-refractivity contribution in [3.8, 4) is 0 Å². The fourth-order valence-corrected chi connectivity index (χ4v) is 6.46. The molecule has 0 bridgehead atoms. The van der Waals surface area contributed by atoms with Gasteiger partial charge in [-0.1, -0.05) is 0 Å². The van der Waals surface area contributed by atoms with E-state index in [0.29, 0.717) is 21.2 Å². The molecule has 2 saturated carbocycles. The number of halogens is 1. The van der Waals surface area contributed by atoms with Crippen LogP contribution in [0, 0.1) is 35.5 Å². The molecule has 0 nitrogen and oxygen atoms in total. The van der Waals surface area contributed by atoms with Crippen LogP contribution in [-0.4, -0.2) is 8.86 Å². The van der Waals surface area contributed by atoms with E-state index in [1.807, 2.05) is 0 Å². The van der Waals surface area contributed by atoms with Crippen LogP contribution in [0.25, 0.3) is 0 Å². The molecule has 5 unspecified atom stereocenters. The Morgan fingerprint density at radius 3 is 2.32 bits per heavy atom. The van der Waals surface area contributed by atoms with Gasteiger partial charge in [-0.15, -0.1) is 0 Å². The molecule has 1 heteroatoms. The molecule has 19 heavy (non-hydrogen) atoms. The molecule has 2 fully saturated rings. The first kappa shape index (κ1) is 16.1. The zero-order chi connectivity index (χ0) is 14.0. The Hall–Kier alpha value is 0.730. The Balaban J connectivity index is 2.03. The first-order valence-corrected chi connectivity index (χ1v) is 12.0. The molecule has 0 spiro atoms. The third kappa shape index (κ3) is 3.49. The summed E-state index contributed by atoms with van der Waals surface area (Å²) in [7, 11) is 0. The van der Waals surface area contributed by atoms with Crippen LogP contribution in [0.1, 0.15) is 66.2 Å². The van der Waals surface area contributed by atoms with E-state index in [9.17, 15) is 0 Å². The molecule has 0 aromatic carbocycles. The first-order valence-electron chi connectivity index (χ1n) is 8.58. The Labute approximate surface area is 131 Å². The predicted molar refractivity (Wildman–Crippen MR) is 81.1 cm³/mol. The fraction of sp³-hybridized carbons (Fsp3) is 1.00. The minimum atomic E-state index is 0.458. The van der Waals surface area contributed by atoms with E-state index in [1.165, 1.54) is 12.8 Å². The molecule has 2 rings (SSSR count). The van der Waals surface area contributed by atoms with Gasteiger partial charge in [0.05, 0.1) is 0 Å². The van der Waals surface area contributed by atoms with Gasteiger partial charge >= 0.3 is 132 Å². The van der Waals surface area contributed by atoms with Gasteiger partial charge in [0.15, 0.2) is 0 Å². The molecule has 0 saturated heterocycles. The molecule has 7 atom stereocenters. The summed E-state index contributed by atoms with van der Waals surface area (Å²) in [4.78, 5) is 2.47. The van der Waals surface area contributed by atoms with Crippen LogP contribution < -0.4 is 21.2 Å². The van der Waals surface area contributed by atoms with Crippen LogP contribution >= 0.6 is 0 Å².